The van der Waals surface area contributed by atoms with Crippen molar-refractivity contribution in [3.05, 3.63) is 109 Å². The van der Waals surface area contributed by atoms with Gasteiger partial charge in [-0.15, -0.1) is 0 Å². The van der Waals surface area contributed by atoms with Gasteiger partial charge in [0.25, 0.3) is 0 Å². The normalized spacial score (nSPS) is 13.7. The number of hydrogen-bond donors (Lipinski definition) is 0. The Hall–Kier alpha value is -1.06. The summed E-state index contributed by atoms with van der Waals surface area (Å²) in [6.07, 6.45) is 41.6. The molecular weight excluding hydrogens is 915 g/mol. The molecule has 0 spiro atoms. The van der Waals surface area contributed by atoms with Crippen molar-refractivity contribution in [2.24, 2.45) is 5.92 Å². The van der Waals surface area contributed by atoms with Gasteiger partial charge in [0.2, 0.25) is 0 Å². The van der Waals surface area contributed by atoms with Crippen LogP contribution in [0.15, 0.2) is 75.3 Å². The van der Waals surface area contributed by atoms with Crippen LogP contribution in [-0.2, 0) is 59.0 Å². The standard InChI is InChI=1S/C61H95Si.3ClH.Ti/c1-9-15-21-27-33-52-41-53(34-28-22-16-10-2)45-58(44-52)62(61-40-50(7)39-51(61)8,59-46-54(35-29-23-17-11-3)42-55(47-59)36-30-24-18-12-4)60-48-56(37-31-25-19-13-5)43-57(49-60)38-32-26-20-14-6;;;;/h40-50H,9-38H2,1-8H3;3*1H;/q;;;;+3/p-3. The Bertz CT molecular complexity index is 1560. The Balaban J connectivity index is 0.00000726. The van der Waals surface area contributed by atoms with E-state index in [0.29, 0.717) is 5.92 Å². The van der Waals surface area contributed by atoms with Crippen LogP contribution in [0.1, 0.15) is 243 Å². The minimum Gasteiger partial charge on any atom is -1.00 e. The molecule has 1 aliphatic rings. The first-order chi connectivity index (χ1) is 30.7. The van der Waals surface area contributed by atoms with Crippen LogP contribution in [0.3, 0.4) is 0 Å². The summed E-state index contributed by atoms with van der Waals surface area (Å²) in [5, 5.41) is 6.73. The number of aryl methyl sites for hydroxylation is 6. The third-order valence-electron chi connectivity index (χ3n) is 14.5. The van der Waals surface area contributed by atoms with Crippen molar-refractivity contribution in [3.63, 3.8) is 0 Å². The van der Waals surface area contributed by atoms with Crippen LogP contribution in [0.2, 0.25) is 0 Å². The molecule has 368 valence electrons. The van der Waals surface area contributed by atoms with E-state index in [1.807, 2.05) is 0 Å². The second-order valence-corrected chi connectivity index (χ2v) is 24.7. The van der Waals surface area contributed by atoms with Gasteiger partial charge in [-0.1, -0.05) is 41.5 Å². The predicted octanol–water partition coefficient (Wildman–Crippen LogP) is 7.84. The molecule has 1 aliphatic carbocycles. The molecule has 3 aromatic carbocycles. The Morgan fingerprint density at radius 3 is 0.773 bits per heavy atom. The fourth-order valence-corrected chi connectivity index (χ4v) is 16.7. The van der Waals surface area contributed by atoms with Crippen LogP contribution in [0.4, 0.5) is 0 Å². The molecule has 0 nitrogen and oxygen atoms in total. The van der Waals surface area contributed by atoms with Gasteiger partial charge in [-0.25, -0.2) is 0 Å². The summed E-state index contributed by atoms with van der Waals surface area (Å²) >= 11 is 2.46. The summed E-state index contributed by atoms with van der Waals surface area (Å²) in [7, 11) is -2.85. The minimum absolute atomic E-state index is 0. The zero-order valence-electron chi connectivity index (χ0n) is 43.7. The van der Waals surface area contributed by atoms with E-state index in [4.69, 9.17) is 0 Å². The van der Waals surface area contributed by atoms with Crippen molar-refractivity contribution in [2.75, 3.05) is 0 Å². The number of unbranched alkanes of at least 4 members (excludes halogenated alkanes) is 18. The van der Waals surface area contributed by atoms with E-state index in [2.05, 4.69) is 136 Å². The van der Waals surface area contributed by atoms with Crippen molar-refractivity contribution in [3.8, 4) is 0 Å². The van der Waals surface area contributed by atoms with Crippen LogP contribution < -0.4 is 52.8 Å². The smallest absolute Gasteiger partial charge is 1.00 e. The second kappa shape index (κ2) is 36.0. The zero-order valence-corrected chi connectivity index (χ0v) is 48.5. The maximum atomic E-state index is 2.80. The zero-order chi connectivity index (χ0) is 45.3. The van der Waals surface area contributed by atoms with Gasteiger partial charge in [-0.05, 0) is 0 Å². The largest absolute Gasteiger partial charge is 1.00 e. The third-order valence-corrected chi connectivity index (χ3v) is 20.6. The van der Waals surface area contributed by atoms with Gasteiger partial charge in [0.1, 0.15) is 0 Å². The summed E-state index contributed by atoms with van der Waals surface area (Å²) < 4.78 is 1.59. The number of hydrogen-bond acceptors (Lipinski definition) is 0. The van der Waals surface area contributed by atoms with E-state index in [9.17, 15) is 0 Å². The summed E-state index contributed by atoms with van der Waals surface area (Å²) in [6, 6.07) is 24.8. The summed E-state index contributed by atoms with van der Waals surface area (Å²) in [5.74, 6) is 0.467. The molecule has 66 heavy (non-hydrogen) atoms. The molecule has 0 saturated carbocycles. The van der Waals surface area contributed by atoms with E-state index in [1.54, 1.807) is 63.6 Å². The molecule has 4 rings (SSSR count). The maximum absolute atomic E-state index is 2.85. The molecule has 0 amide bonds. The number of rotatable bonds is 34. The molecule has 0 N–H and O–H groups in total. The van der Waals surface area contributed by atoms with Crippen molar-refractivity contribution >= 4 is 23.6 Å². The topological polar surface area (TPSA) is 0 Å². The maximum Gasteiger partial charge on any atom is -1.00 e. The Labute approximate surface area is 440 Å². The quantitative estimate of drug-likeness (QED) is 0.0326. The predicted molar refractivity (Wildman–Crippen MR) is 281 cm³/mol. The first-order valence-corrected chi connectivity index (χ1v) is 30.1. The Kier molecular flexibility index (Phi) is 34.3. The van der Waals surface area contributed by atoms with E-state index >= 15 is 0 Å². The van der Waals surface area contributed by atoms with Gasteiger partial charge in [0, 0.05) is 0 Å². The minimum atomic E-state index is -2.85. The van der Waals surface area contributed by atoms with Crippen molar-refractivity contribution in [2.45, 2.75) is 248 Å². The fraction of sp³-hybridized carbons (Fsp3) is 0.639. The molecular formula is C61H95Cl3SiTi. The van der Waals surface area contributed by atoms with Crippen LogP contribution in [-0.4, -0.2) is 8.07 Å². The molecule has 1 unspecified atom stereocenters. The van der Waals surface area contributed by atoms with Gasteiger partial charge in [0.05, 0.1) is 0 Å². The van der Waals surface area contributed by atoms with Gasteiger partial charge in [-0.2, -0.15) is 0 Å². The van der Waals surface area contributed by atoms with Crippen LogP contribution in [0, 0.1) is 5.92 Å². The first kappa shape index (κ1) is 63.0. The third kappa shape index (κ3) is 19.6. The van der Waals surface area contributed by atoms with E-state index in [-0.39, 0.29) is 37.2 Å². The molecule has 0 aromatic heterocycles. The molecule has 0 aliphatic heterocycles. The van der Waals surface area contributed by atoms with Crippen LogP contribution in [0.5, 0.6) is 0 Å². The van der Waals surface area contributed by atoms with Crippen LogP contribution >= 0.6 is 0 Å². The van der Waals surface area contributed by atoms with Gasteiger partial charge in [-0.3, -0.25) is 0 Å². The van der Waals surface area contributed by atoms with Crippen molar-refractivity contribution < 1.29 is 57.7 Å². The Morgan fingerprint density at radius 2 is 0.591 bits per heavy atom. The molecule has 0 heterocycles. The van der Waals surface area contributed by atoms with Crippen LogP contribution in [0.25, 0.3) is 0 Å². The van der Waals surface area contributed by atoms with Crippen molar-refractivity contribution in [1.82, 2.24) is 0 Å². The van der Waals surface area contributed by atoms with Gasteiger partial charge in [0.15, 0.2) is 0 Å². The van der Waals surface area contributed by atoms with E-state index in [1.165, 1.54) is 193 Å². The molecule has 1 atom stereocenters. The SMILES string of the molecule is CCCCCCc1cc(CCCCCC)cc([Si](C2=CC(C)[C]([Ti+3])=C2C)(c2cc(CCCCCC)cc(CCCCCC)c2)c2cc(CCCCCC)cc(CCCCCC)c2)c1.[Cl-].[Cl-].[Cl-]. The molecule has 3 aromatic rings. The average molecular weight is 1010 g/mol. The van der Waals surface area contributed by atoms with E-state index < -0.39 is 8.07 Å². The molecule has 0 fully saturated rings. The number of halogens is 3. The summed E-state index contributed by atoms with van der Waals surface area (Å²) in [5.41, 5.74) is 11.2. The van der Waals surface area contributed by atoms with Gasteiger partial charge >= 0.3 is 365 Å². The monoisotopic (exact) mass is 1010 g/mol. The second-order valence-electron chi connectivity index (χ2n) is 20.1. The summed E-state index contributed by atoms with van der Waals surface area (Å²) in [4.78, 5) is 0. The molecule has 0 radical (unpaired) electrons. The first-order valence-electron chi connectivity index (χ1n) is 27.3. The summed E-state index contributed by atoms with van der Waals surface area (Å²) in [6.45, 7) is 19.1. The Morgan fingerprint density at radius 1 is 0.364 bits per heavy atom. The number of benzene rings is 3. The molecule has 0 saturated heterocycles. The molecule has 5 heteroatoms. The van der Waals surface area contributed by atoms with E-state index in [0.717, 1.165) is 0 Å². The average Bonchev–Trinajstić information content (AvgIpc) is 3.54. The molecule has 0 bridgehead atoms. The van der Waals surface area contributed by atoms with Crippen molar-refractivity contribution in [1.29, 1.82) is 0 Å². The fourth-order valence-electron chi connectivity index (χ4n) is 10.7. The van der Waals surface area contributed by atoms with Gasteiger partial charge < -0.3 is 37.2 Å². The number of allylic oxidation sites excluding steroid dienone is 4.